The third-order valence-corrected chi connectivity index (χ3v) is 12.4. The minimum absolute atomic E-state index is 0. The number of rotatable bonds is 5. The van der Waals surface area contributed by atoms with Crippen LogP contribution >= 0.6 is 7.92 Å². The fourth-order valence-electron chi connectivity index (χ4n) is 7.24. The Morgan fingerprint density at radius 3 is 0.804 bits per heavy atom. The van der Waals surface area contributed by atoms with Crippen LogP contribution in [0.15, 0.2) is 188 Å². The van der Waals surface area contributed by atoms with Crippen LogP contribution in [0.25, 0.3) is 24.3 Å². The molecule has 0 atom stereocenters. The Bertz CT molecular complexity index is 1970. The van der Waals surface area contributed by atoms with Gasteiger partial charge in [0.2, 0.25) is 0 Å². The van der Waals surface area contributed by atoms with Crippen molar-refractivity contribution in [1.29, 1.82) is 0 Å². The number of hydrogen-bond acceptors (Lipinski definition) is 1. The van der Waals surface area contributed by atoms with Crippen molar-refractivity contribution in [2.45, 2.75) is 12.1 Å². The zero-order valence-electron chi connectivity index (χ0n) is 28.2. The average molecular weight is 720 g/mol. The second-order valence-electron chi connectivity index (χ2n) is 12.7. The van der Waals surface area contributed by atoms with Crippen LogP contribution in [0.4, 0.5) is 0 Å². The molecule has 2 aliphatic rings. The molecule has 0 bridgehead atoms. The second kappa shape index (κ2) is 16.3. The fraction of sp³-hybridized carbons (Fsp3) is 0.0417. The van der Waals surface area contributed by atoms with Crippen molar-refractivity contribution in [3.05, 3.63) is 233 Å². The maximum absolute atomic E-state index is 4.08. The van der Waals surface area contributed by atoms with Gasteiger partial charge in [-0.05, 0) is 80.9 Å². The molecule has 0 amide bonds. The molecule has 0 saturated heterocycles. The third kappa shape index (κ3) is 7.51. The van der Waals surface area contributed by atoms with Gasteiger partial charge >= 0.3 is 0 Å². The molecular weight excluding hydrogens is 680 g/mol. The second-order valence-corrected chi connectivity index (χ2v) is 15.2. The summed E-state index contributed by atoms with van der Waals surface area (Å²) in [6, 6.07) is 67.6. The largest absolute Gasteiger partial charge is 0.295 e. The minimum atomic E-state index is -0.877. The van der Waals surface area contributed by atoms with E-state index in [4.69, 9.17) is 0 Å². The Morgan fingerprint density at radius 2 is 0.529 bits per heavy atom. The Labute approximate surface area is 313 Å². The van der Waals surface area contributed by atoms with Gasteiger partial charge < -0.3 is 0 Å². The number of fused-ring (bicyclic) bond motifs is 4. The quantitative estimate of drug-likeness (QED) is 0.138. The van der Waals surface area contributed by atoms with Crippen molar-refractivity contribution in [2.24, 2.45) is 0 Å². The van der Waals surface area contributed by atoms with Gasteiger partial charge in [0.25, 0.3) is 0 Å². The maximum Gasteiger partial charge on any atom is 0.102 e. The topological polar surface area (TPSA) is 12.0 Å². The molecule has 9 rings (SSSR count). The summed E-state index contributed by atoms with van der Waals surface area (Å²) in [6.07, 6.45) is 8.97. The normalized spacial score (nSPS) is 12.9. The molecule has 1 N–H and O–H groups in total. The smallest absolute Gasteiger partial charge is 0.102 e. The van der Waals surface area contributed by atoms with Gasteiger partial charge in [-0.15, -0.1) is 0 Å². The van der Waals surface area contributed by atoms with E-state index in [-0.39, 0.29) is 28.6 Å². The van der Waals surface area contributed by atoms with E-state index in [1.807, 2.05) is 0 Å². The molecule has 0 aliphatic heterocycles. The monoisotopic (exact) mass is 718 g/mol. The van der Waals surface area contributed by atoms with Gasteiger partial charge in [0.15, 0.2) is 0 Å². The zero-order valence-corrected chi connectivity index (χ0v) is 30.2. The first-order valence-corrected chi connectivity index (χ1v) is 18.8. The average Bonchev–Trinajstić information content (AvgIpc) is 3.45. The van der Waals surface area contributed by atoms with E-state index in [1.165, 1.54) is 60.4 Å². The molecule has 1 nitrogen and oxygen atoms in total. The van der Waals surface area contributed by atoms with E-state index in [9.17, 15) is 0 Å². The summed E-state index contributed by atoms with van der Waals surface area (Å²) in [5, 5.41) is 8.39. The molecule has 51 heavy (non-hydrogen) atoms. The molecule has 0 heterocycles. The summed E-state index contributed by atoms with van der Waals surface area (Å²) in [5.41, 5.74) is 10.3. The predicted molar refractivity (Wildman–Crippen MR) is 217 cm³/mol. The third-order valence-electron chi connectivity index (χ3n) is 9.63. The Hall–Kier alpha value is -5.10. The minimum Gasteiger partial charge on any atom is -0.295 e. The number of hydrogen-bond donors (Lipinski definition) is 1. The Morgan fingerprint density at radius 1 is 0.294 bits per heavy atom. The van der Waals surface area contributed by atoms with Crippen molar-refractivity contribution in [3.8, 4) is 0 Å². The van der Waals surface area contributed by atoms with E-state index in [2.05, 4.69) is 218 Å². The first-order valence-electron chi connectivity index (χ1n) is 17.3. The summed E-state index contributed by atoms with van der Waals surface area (Å²) in [5.74, 6) is 0. The molecule has 0 unspecified atom stereocenters. The van der Waals surface area contributed by atoms with Crippen LogP contribution in [0, 0.1) is 0 Å². The van der Waals surface area contributed by atoms with Crippen LogP contribution in [0.5, 0.6) is 0 Å². The van der Waals surface area contributed by atoms with Crippen molar-refractivity contribution in [1.82, 2.24) is 5.32 Å². The van der Waals surface area contributed by atoms with Gasteiger partial charge in [-0.25, -0.2) is 0 Å². The summed E-state index contributed by atoms with van der Waals surface area (Å²) in [4.78, 5) is 0. The van der Waals surface area contributed by atoms with Crippen molar-refractivity contribution < 1.29 is 16.5 Å². The van der Waals surface area contributed by atoms with Crippen LogP contribution < -0.4 is 21.2 Å². The standard InChI is InChI=1S/C30H23N.C18H15P.Ni/c1-5-13-25-21(9-1)17-18-22-10-2-6-14-26(22)29(25)31-30-27-15-7-3-11-23(27)19-20-24-12-4-8-16-28(24)30;1-4-10-16(11-5-1)19(17-12-6-2-7-13-17)18-14-8-3-9-15-18;/h1-20,29-31H;1-15H;/p+1. The summed E-state index contributed by atoms with van der Waals surface area (Å²) >= 11 is 0. The molecule has 7 aromatic rings. The van der Waals surface area contributed by atoms with Gasteiger partial charge in [-0.3, -0.25) is 5.32 Å². The molecule has 0 aromatic heterocycles. The molecule has 2 aliphatic carbocycles. The first-order chi connectivity index (χ1) is 24.8. The maximum atomic E-state index is 4.08. The first kappa shape index (κ1) is 34.4. The van der Waals surface area contributed by atoms with Gasteiger partial charge in [-0.1, -0.05) is 176 Å². The van der Waals surface area contributed by atoms with Crippen LogP contribution in [-0.4, -0.2) is 0 Å². The van der Waals surface area contributed by atoms with Gasteiger partial charge in [0.1, 0.15) is 15.9 Å². The zero-order chi connectivity index (χ0) is 33.5. The molecule has 0 saturated carbocycles. The van der Waals surface area contributed by atoms with Gasteiger partial charge in [0, 0.05) is 16.5 Å². The number of nitrogens with one attached hydrogen (secondary N) is 1. The van der Waals surface area contributed by atoms with E-state index < -0.39 is 7.92 Å². The Kier molecular flexibility index (Phi) is 11.0. The van der Waals surface area contributed by atoms with Gasteiger partial charge in [0.05, 0.1) is 20.0 Å². The van der Waals surface area contributed by atoms with E-state index in [0.29, 0.717) is 0 Å². The van der Waals surface area contributed by atoms with Crippen LogP contribution in [0.3, 0.4) is 0 Å². The number of benzene rings is 7. The van der Waals surface area contributed by atoms with E-state index in [1.54, 1.807) is 0 Å². The van der Waals surface area contributed by atoms with E-state index in [0.717, 1.165) is 0 Å². The molecule has 0 spiro atoms. The summed E-state index contributed by atoms with van der Waals surface area (Å²) in [7, 11) is -0.877. The molecule has 7 aromatic carbocycles. The molecule has 250 valence electrons. The van der Waals surface area contributed by atoms with E-state index >= 15 is 0 Å². The molecule has 3 heteroatoms. The molecule has 0 fully saturated rings. The summed E-state index contributed by atoms with van der Waals surface area (Å²) in [6.45, 7) is 0. The fourth-order valence-corrected chi connectivity index (χ4v) is 9.81. The van der Waals surface area contributed by atoms with Gasteiger partial charge in [-0.2, -0.15) is 0 Å². The van der Waals surface area contributed by atoms with Crippen LogP contribution in [0.1, 0.15) is 56.6 Å². The van der Waals surface area contributed by atoms with Crippen LogP contribution in [-0.2, 0) is 16.5 Å². The Balaban J connectivity index is 0.000000175. The molecular formula is C48H39NNiP+. The summed E-state index contributed by atoms with van der Waals surface area (Å²) < 4.78 is 0. The van der Waals surface area contributed by atoms with Crippen molar-refractivity contribution in [2.75, 3.05) is 0 Å². The SMILES string of the molecule is C1=Cc2ccccc2C(NC2c3ccccc3C=Cc3ccccc32)c2ccccc21.[Ni].c1ccc([PH+](c2ccccc2)c2ccccc2)cc1. The molecule has 0 radical (unpaired) electrons. The van der Waals surface area contributed by atoms with Crippen molar-refractivity contribution in [3.63, 3.8) is 0 Å². The van der Waals surface area contributed by atoms with Crippen molar-refractivity contribution >= 4 is 48.1 Å². The predicted octanol–water partition coefficient (Wildman–Crippen LogP) is 10.3. The van der Waals surface area contributed by atoms with Crippen LogP contribution in [0.2, 0.25) is 0 Å².